The lowest BCUT2D eigenvalue weighted by atomic mass is 9.73. The predicted octanol–water partition coefficient (Wildman–Crippen LogP) is 3.10. The molecule has 114 valence electrons. The molecule has 1 aliphatic carbocycles. The van der Waals surface area contributed by atoms with Gasteiger partial charge in [-0.1, -0.05) is 25.5 Å². The lowest BCUT2D eigenvalue weighted by Crippen LogP contribution is -2.44. The van der Waals surface area contributed by atoms with E-state index >= 15 is 0 Å². The molecule has 1 amide bonds. The third-order valence-electron chi connectivity index (χ3n) is 4.38. The van der Waals surface area contributed by atoms with Gasteiger partial charge in [-0.3, -0.25) is 9.59 Å². The van der Waals surface area contributed by atoms with Crippen molar-refractivity contribution < 1.29 is 14.7 Å². The van der Waals surface area contributed by atoms with Crippen LogP contribution in [-0.2, 0) is 16.0 Å². The molecule has 0 bridgehead atoms. The zero-order valence-corrected chi connectivity index (χ0v) is 12.7. The van der Waals surface area contributed by atoms with Crippen LogP contribution in [0.25, 0.3) is 0 Å². The second-order valence-electron chi connectivity index (χ2n) is 5.80. The summed E-state index contributed by atoms with van der Waals surface area (Å²) in [6.07, 6.45) is 4.66. The number of benzene rings is 1. The fourth-order valence-corrected chi connectivity index (χ4v) is 2.73. The van der Waals surface area contributed by atoms with E-state index in [-0.39, 0.29) is 11.8 Å². The SMILES string of the molecule is CCCCc1ccc(N(C)C(=O)C2CCC2C(=O)O)cc1. The molecule has 1 aromatic rings. The van der Waals surface area contributed by atoms with E-state index in [0.717, 1.165) is 18.5 Å². The zero-order valence-electron chi connectivity index (χ0n) is 12.7. The molecule has 1 fully saturated rings. The molecule has 2 unspecified atom stereocenters. The third-order valence-corrected chi connectivity index (χ3v) is 4.38. The summed E-state index contributed by atoms with van der Waals surface area (Å²) in [5.74, 6) is -1.83. The van der Waals surface area contributed by atoms with Crippen LogP contribution in [0, 0.1) is 11.8 Å². The molecule has 0 saturated heterocycles. The normalized spacial score (nSPS) is 20.7. The van der Waals surface area contributed by atoms with Crippen LogP contribution in [0.4, 0.5) is 5.69 Å². The van der Waals surface area contributed by atoms with Crippen LogP contribution in [0.15, 0.2) is 24.3 Å². The number of hydrogen-bond donors (Lipinski definition) is 1. The molecule has 1 saturated carbocycles. The van der Waals surface area contributed by atoms with Crippen LogP contribution < -0.4 is 4.90 Å². The maximum absolute atomic E-state index is 12.4. The lowest BCUT2D eigenvalue weighted by molar-refractivity contribution is -0.151. The molecule has 2 atom stereocenters. The van der Waals surface area contributed by atoms with Crippen molar-refractivity contribution in [1.29, 1.82) is 0 Å². The summed E-state index contributed by atoms with van der Waals surface area (Å²) in [5.41, 5.74) is 2.10. The average molecular weight is 289 g/mol. The summed E-state index contributed by atoms with van der Waals surface area (Å²) >= 11 is 0. The van der Waals surface area contributed by atoms with Gasteiger partial charge in [0.25, 0.3) is 0 Å². The molecule has 1 aromatic carbocycles. The number of anilines is 1. The number of unbranched alkanes of at least 4 members (excludes halogenated alkanes) is 1. The summed E-state index contributed by atoms with van der Waals surface area (Å²) in [6.45, 7) is 2.16. The van der Waals surface area contributed by atoms with Gasteiger partial charge in [0.05, 0.1) is 11.8 Å². The Hall–Kier alpha value is -1.84. The number of carbonyl (C=O) groups excluding carboxylic acids is 1. The highest BCUT2D eigenvalue weighted by atomic mass is 16.4. The van der Waals surface area contributed by atoms with E-state index in [4.69, 9.17) is 5.11 Å². The number of nitrogens with zero attached hydrogens (tertiary/aromatic N) is 1. The number of aryl methyl sites for hydroxylation is 1. The van der Waals surface area contributed by atoms with Crippen molar-refractivity contribution in [2.24, 2.45) is 11.8 Å². The Morgan fingerprint density at radius 2 is 1.81 bits per heavy atom. The van der Waals surface area contributed by atoms with Crippen LogP contribution >= 0.6 is 0 Å². The van der Waals surface area contributed by atoms with Crippen molar-refractivity contribution in [1.82, 2.24) is 0 Å². The van der Waals surface area contributed by atoms with Crippen molar-refractivity contribution in [2.45, 2.75) is 39.0 Å². The highest BCUT2D eigenvalue weighted by molar-refractivity contribution is 5.97. The third kappa shape index (κ3) is 3.43. The summed E-state index contributed by atoms with van der Waals surface area (Å²) in [6, 6.07) is 7.98. The monoisotopic (exact) mass is 289 g/mol. The maximum atomic E-state index is 12.4. The van der Waals surface area contributed by atoms with E-state index < -0.39 is 11.9 Å². The molecular formula is C17H23NO3. The van der Waals surface area contributed by atoms with Gasteiger partial charge < -0.3 is 10.0 Å². The van der Waals surface area contributed by atoms with Gasteiger partial charge in [0.1, 0.15) is 0 Å². The predicted molar refractivity (Wildman–Crippen MR) is 82.3 cm³/mol. The molecule has 0 spiro atoms. The fraction of sp³-hybridized carbons (Fsp3) is 0.529. The standard InChI is InChI=1S/C17H23NO3/c1-3-4-5-12-6-8-13(9-7-12)18(2)16(19)14-10-11-15(14)17(20)21/h6-9,14-15H,3-5,10-11H2,1-2H3,(H,20,21). The van der Waals surface area contributed by atoms with Gasteiger partial charge in [-0.25, -0.2) is 0 Å². The Morgan fingerprint density at radius 3 is 2.29 bits per heavy atom. The van der Waals surface area contributed by atoms with Gasteiger partial charge in [0, 0.05) is 12.7 Å². The number of carboxylic acid groups (broad SMARTS) is 1. The molecule has 2 rings (SSSR count). The Morgan fingerprint density at radius 1 is 1.19 bits per heavy atom. The molecule has 0 aliphatic heterocycles. The van der Waals surface area contributed by atoms with Crippen molar-refractivity contribution in [3.05, 3.63) is 29.8 Å². The summed E-state index contributed by atoms with van der Waals surface area (Å²) in [4.78, 5) is 25.0. The Balaban J connectivity index is 2.00. The Bertz CT molecular complexity index is 509. The summed E-state index contributed by atoms with van der Waals surface area (Å²) in [7, 11) is 1.72. The number of aliphatic carboxylic acids is 1. The summed E-state index contributed by atoms with van der Waals surface area (Å²) < 4.78 is 0. The Labute approximate surface area is 125 Å². The first-order valence-electron chi connectivity index (χ1n) is 7.64. The number of carboxylic acids is 1. The first-order valence-corrected chi connectivity index (χ1v) is 7.64. The molecule has 4 heteroatoms. The molecule has 0 heterocycles. The van der Waals surface area contributed by atoms with Crippen molar-refractivity contribution in [3.63, 3.8) is 0 Å². The average Bonchev–Trinajstić information content (AvgIpc) is 2.43. The minimum atomic E-state index is -0.858. The molecule has 0 radical (unpaired) electrons. The summed E-state index contributed by atoms with van der Waals surface area (Å²) in [5, 5.41) is 9.05. The first kappa shape index (κ1) is 15.5. The van der Waals surface area contributed by atoms with E-state index in [0.29, 0.717) is 12.8 Å². The number of rotatable bonds is 6. The molecule has 21 heavy (non-hydrogen) atoms. The smallest absolute Gasteiger partial charge is 0.307 e. The van der Waals surface area contributed by atoms with Crippen LogP contribution in [0.3, 0.4) is 0 Å². The van der Waals surface area contributed by atoms with Gasteiger partial charge in [-0.05, 0) is 43.4 Å². The van der Waals surface area contributed by atoms with E-state index in [1.54, 1.807) is 11.9 Å². The minimum absolute atomic E-state index is 0.0880. The van der Waals surface area contributed by atoms with Gasteiger partial charge in [0.2, 0.25) is 5.91 Å². The first-order chi connectivity index (χ1) is 10.0. The zero-order chi connectivity index (χ0) is 15.4. The molecular weight excluding hydrogens is 266 g/mol. The lowest BCUT2D eigenvalue weighted by Gasteiger charge is -2.35. The van der Waals surface area contributed by atoms with Crippen LogP contribution in [0.2, 0.25) is 0 Å². The van der Waals surface area contributed by atoms with Gasteiger partial charge >= 0.3 is 5.97 Å². The van der Waals surface area contributed by atoms with Crippen molar-refractivity contribution in [2.75, 3.05) is 11.9 Å². The van der Waals surface area contributed by atoms with Crippen molar-refractivity contribution in [3.8, 4) is 0 Å². The number of hydrogen-bond acceptors (Lipinski definition) is 2. The van der Waals surface area contributed by atoms with E-state index in [1.807, 2.05) is 24.3 Å². The van der Waals surface area contributed by atoms with Gasteiger partial charge in [-0.15, -0.1) is 0 Å². The minimum Gasteiger partial charge on any atom is -0.481 e. The van der Waals surface area contributed by atoms with Crippen LogP contribution in [-0.4, -0.2) is 24.0 Å². The van der Waals surface area contributed by atoms with E-state index in [2.05, 4.69) is 6.92 Å². The molecule has 4 nitrogen and oxygen atoms in total. The highest BCUT2D eigenvalue weighted by Crippen LogP contribution is 2.36. The van der Waals surface area contributed by atoms with Crippen LogP contribution in [0.1, 0.15) is 38.2 Å². The van der Waals surface area contributed by atoms with E-state index in [1.165, 1.54) is 12.0 Å². The largest absolute Gasteiger partial charge is 0.481 e. The van der Waals surface area contributed by atoms with E-state index in [9.17, 15) is 9.59 Å². The van der Waals surface area contributed by atoms with Gasteiger partial charge in [-0.2, -0.15) is 0 Å². The van der Waals surface area contributed by atoms with Crippen molar-refractivity contribution >= 4 is 17.6 Å². The maximum Gasteiger partial charge on any atom is 0.307 e. The second-order valence-corrected chi connectivity index (χ2v) is 5.80. The topological polar surface area (TPSA) is 57.6 Å². The fourth-order valence-electron chi connectivity index (χ4n) is 2.73. The number of carbonyl (C=O) groups is 2. The van der Waals surface area contributed by atoms with Crippen LogP contribution in [0.5, 0.6) is 0 Å². The molecule has 0 aromatic heterocycles. The Kier molecular flexibility index (Phi) is 4.99. The quantitative estimate of drug-likeness (QED) is 0.875. The van der Waals surface area contributed by atoms with Gasteiger partial charge in [0.15, 0.2) is 0 Å². The number of amides is 1. The molecule has 1 aliphatic rings. The molecule has 1 N–H and O–H groups in total. The highest BCUT2D eigenvalue weighted by Gasteiger charge is 2.42. The second kappa shape index (κ2) is 6.74.